The summed E-state index contributed by atoms with van der Waals surface area (Å²) in [6.45, 7) is 1.15. The lowest BCUT2D eigenvalue weighted by molar-refractivity contribution is -0.139. The molecule has 2 rings (SSSR count). The van der Waals surface area contributed by atoms with Gasteiger partial charge >= 0.3 is 5.97 Å². The molecule has 1 saturated carbocycles. The normalized spacial score (nSPS) is 38.7. The van der Waals surface area contributed by atoms with E-state index in [0.717, 1.165) is 6.42 Å². The van der Waals surface area contributed by atoms with Gasteiger partial charge in [-0.3, -0.25) is 9.80 Å². The molecule has 1 heterocycles. The van der Waals surface area contributed by atoms with E-state index in [1.807, 2.05) is 0 Å². The van der Waals surface area contributed by atoms with Gasteiger partial charge in [0.25, 0.3) is 0 Å². The van der Waals surface area contributed by atoms with E-state index in [2.05, 4.69) is 5.29 Å². The summed E-state index contributed by atoms with van der Waals surface area (Å²) in [5.41, 5.74) is 0. The Hall–Kier alpha value is -1.13. The molecule has 2 aliphatic rings. The van der Waals surface area contributed by atoms with Gasteiger partial charge in [-0.05, 0) is 18.3 Å². The van der Waals surface area contributed by atoms with Gasteiger partial charge in [0.2, 0.25) is 0 Å². The lowest BCUT2D eigenvalue weighted by Gasteiger charge is -2.18. The maximum absolute atomic E-state index is 10.6. The van der Waals surface area contributed by atoms with E-state index in [1.54, 1.807) is 0 Å². The summed E-state index contributed by atoms with van der Waals surface area (Å²) >= 11 is 0. The van der Waals surface area contributed by atoms with Crippen LogP contribution in [0.5, 0.6) is 0 Å². The zero-order valence-corrected chi connectivity index (χ0v) is 6.51. The predicted octanol–water partition coefficient (Wildman–Crippen LogP) is 0.320. The fourth-order valence-corrected chi connectivity index (χ4v) is 2.16. The van der Waals surface area contributed by atoms with Gasteiger partial charge in [0, 0.05) is 13.1 Å². The Morgan fingerprint density at radius 3 is 2.83 bits per heavy atom. The topological polar surface area (TPSA) is 70.0 Å². The van der Waals surface area contributed by atoms with Crippen molar-refractivity contribution in [1.29, 1.82) is 0 Å². The van der Waals surface area contributed by atoms with Crippen LogP contribution in [0.25, 0.3) is 0 Å². The molecule has 1 aliphatic carbocycles. The van der Waals surface area contributed by atoms with Crippen molar-refractivity contribution < 1.29 is 9.90 Å². The average molecular weight is 170 g/mol. The molecular weight excluding hydrogens is 160 g/mol. The summed E-state index contributed by atoms with van der Waals surface area (Å²) in [6, 6.07) is 0. The van der Waals surface area contributed by atoms with Crippen molar-refractivity contribution in [2.24, 2.45) is 23.0 Å². The highest BCUT2D eigenvalue weighted by molar-refractivity contribution is 5.74. The molecule has 0 amide bonds. The summed E-state index contributed by atoms with van der Waals surface area (Å²) in [5, 5.41) is 12.9. The molecule has 0 bridgehead atoms. The van der Waals surface area contributed by atoms with Crippen molar-refractivity contribution in [3.63, 3.8) is 0 Å². The van der Waals surface area contributed by atoms with E-state index < -0.39 is 5.97 Å². The number of nitroso groups, excluding NO2 is 1. The molecule has 0 aromatic carbocycles. The Bertz CT molecular complexity index is 231. The molecule has 0 spiro atoms. The SMILES string of the molecule is O=NN1CCC2C(C1)C2C(=O)O. The molecule has 3 atom stereocenters. The van der Waals surface area contributed by atoms with Crippen molar-refractivity contribution in [1.82, 2.24) is 5.01 Å². The zero-order chi connectivity index (χ0) is 8.72. The van der Waals surface area contributed by atoms with Crippen LogP contribution in [0.3, 0.4) is 0 Å². The lowest BCUT2D eigenvalue weighted by atomic mass is 10.2. The number of carboxylic acid groups (broad SMARTS) is 1. The predicted molar refractivity (Wildman–Crippen MR) is 40.1 cm³/mol. The minimum atomic E-state index is -0.724. The fraction of sp³-hybridized carbons (Fsp3) is 0.857. The van der Waals surface area contributed by atoms with E-state index >= 15 is 0 Å². The monoisotopic (exact) mass is 170 g/mol. The molecule has 2 fully saturated rings. The first-order valence-corrected chi connectivity index (χ1v) is 4.05. The van der Waals surface area contributed by atoms with Crippen LogP contribution < -0.4 is 0 Å². The zero-order valence-electron chi connectivity index (χ0n) is 6.51. The molecule has 12 heavy (non-hydrogen) atoms. The van der Waals surface area contributed by atoms with E-state index in [1.165, 1.54) is 5.01 Å². The summed E-state index contributed by atoms with van der Waals surface area (Å²) in [6.07, 6.45) is 0.799. The van der Waals surface area contributed by atoms with Crippen LogP contribution in [0.1, 0.15) is 6.42 Å². The molecule has 1 N–H and O–H groups in total. The van der Waals surface area contributed by atoms with E-state index in [0.29, 0.717) is 19.0 Å². The third kappa shape index (κ3) is 0.964. The van der Waals surface area contributed by atoms with Crippen LogP contribution in [0.4, 0.5) is 0 Å². The van der Waals surface area contributed by atoms with Crippen molar-refractivity contribution >= 4 is 5.97 Å². The van der Waals surface area contributed by atoms with Crippen molar-refractivity contribution in [2.45, 2.75) is 6.42 Å². The van der Waals surface area contributed by atoms with Crippen molar-refractivity contribution in [2.75, 3.05) is 13.1 Å². The van der Waals surface area contributed by atoms with E-state index in [4.69, 9.17) is 5.11 Å². The fourth-order valence-electron chi connectivity index (χ4n) is 2.16. The van der Waals surface area contributed by atoms with Crippen LogP contribution >= 0.6 is 0 Å². The van der Waals surface area contributed by atoms with Gasteiger partial charge in [0.05, 0.1) is 11.2 Å². The minimum absolute atomic E-state index is 0.175. The smallest absolute Gasteiger partial charge is 0.307 e. The number of nitrogens with zero attached hydrogens (tertiary/aromatic N) is 2. The van der Waals surface area contributed by atoms with Gasteiger partial charge in [-0.25, -0.2) is 0 Å². The van der Waals surface area contributed by atoms with Crippen LogP contribution in [0, 0.1) is 22.7 Å². The highest BCUT2D eigenvalue weighted by Crippen LogP contribution is 2.51. The maximum atomic E-state index is 10.6. The highest BCUT2D eigenvalue weighted by Gasteiger charge is 2.57. The van der Waals surface area contributed by atoms with Crippen LogP contribution in [-0.2, 0) is 4.79 Å². The van der Waals surface area contributed by atoms with Crippen molar-refractivity contribution in [3.8, 4) is 0 Å². The Morgan fingerprint density at radius 2 is 2.25 bits per heavy atom. The Balaban J connectivity index is 1.97. The second-order valence-electron chi connectivity index (χ2n) is 3.47. The van der Waals surface area contributed by atoms with E-state index in [-0.39, 0.29) is 11.8 Å². The largest absolute Gasteiger partial charge is 0.481 e. The standard InChI is InChI=1S/C7H10N2O3/c10-7(11)6-4-1-2-9(8-12)3-5(4)6/h4-6H,1-3H2,(H,10,11). The summed E-state index contributed by atoms with van der Waals surface area (Å²) in [7, 11) is 0. The number of carbonyl (C=O) groups is 1. The van der Waals surface area contributed by atoms with Gasteiger partial charge in [0.15, 0.2) is 0 Å². The molecule has 0 aromatic rings. The first-order valence-electron chi connectivity index (χ1n) is 4.05. The lowest BCUT2D eigenvalue weighted by Crippen LogP contribution is -2.25. The van der Waals surface area contributed by atoms with Crippen LogP contribution in [-0.4, -0.2) is 29.2 Å². The Labute approximate surface area is 69.3 Å². The summed E-state index contributed by atoms with van der Waals surface area (Å²) < 4.78 is 0. The molecule has 66 valence electrons. The first-order chi connectivity index (χ1) is 5.74. The quantitative estimate of drug-likeness (QED) is 0.606. The molecule has 1 aliphatic heterocycles. The molecule has 1 saturated heterocycles. The molecule has 5 heteroatoms. The van der Waals surface area contributed by atoms with Gasteiger partial charge in [-0.15, -0.1) is 4.91 Å². The van der Waals surface area contributed by atoms with E-state index in [9.17, 15) is 9.70 Å². The Kier molecular flexibility index (Phi) is 1.52. The average Bonchev–Trinajstić information content (AvgIpc) is 2.76. The summed E-state index contributed by atoms with van der Waals surface area (Å²) in [4.78, 5) is 20.7. The highest BCUT2D eigenvalue weighted by atomic mass is 16.4. The second kappa shape index (κ2) is 2.43. The van der Waals surface area contributed by atoms with Gasteiger partial charge in [-0.1, -0.05) is 0 Å². The van der Waals surface area contributed by atoms with Crippen LogP contribution in [0.15, 0.2) is 5.29 Å². The van der Waals surface area contributed by atoms with Gasteiger partial charge < -0.3 is 5.11 Å². The number of hydrogen-bond donors (Lipinski definition) is 1. The number of aliphatic carboxylic acids is 1. The maximum Gasteiger partial charge on any atom is 0.307 e. The third-order valence-electron chi connectivity index (χ3n) is 2.87. The second-order valence-corrected chi connectivity index (χ2v) is 3.47. The molecule has 5 nitrogen and oxygen atoms in total. The third-order valence-corrected chi connectivity index (χ3v) is 2.87. The Morgan fingerprint density at radius 1 is 1.50 bits per heavy atom. The molecular formula is C7H10N2O3. The number of rotatable bonds is 2. The minimum Gasteiger partial charge on any atom is -0.481 e. The van der Waals surface area contributed by atoms with Gasteiger partial charge in [-0.2, -0.15) is 0 Å². The molecule has 0 radical (unpaired) electrons. The van der Waals surface area contributed by atoms with Crippen LogP contribution in [0.2, 0.25) is 0 Å². The summed E-state index contributed by atoms with van der Waals surface area (Å²) in [5.74, 6) is -0.455. The number of piperidine rings is 1. The molecule has 3 unspecified atom stereocenters. The number of fused-ring (bicyclic) bond motifs is 1. The number of carboxylic acids is 1. The number of hydrogen-bond acceptors (Lipinski definition) is 3. The van der Waals surface area contributed by atoms with Crippen molar-refractivity contribution in [3.05, 3.63) is 4.91 Å². The first kappa shape index (κ1) is 7.52. The van der Waals surface area contributed by atoms with Gasteiger partial charge in [0.1, 0.15) is 0 Å². The molecule has 0 aromatic heterocycles.